The number of carbonyl (C=O) groups excluding carboxylic acids is 5. The smallest absolute Gasteiger partial charge is 0.325 e. The number of hydrogen-bond donors (Lipinski definition) is 5. The van der Waals surface area contributed by atoms with Gasteiger partial charge in [0.25, 0.3) is 5.91 Å². The van der Waals surface area contributed by atoms with Gasteiger partial charge < -0.3 is 26.0 Å². The minimum atomic E-state index is -1.15. The van der Waals surface area contributed by atoms with E-state index in [9.17, 15) is 28.8 Å². The molecule has 1 aromatic rings. The van der Waals surface area contributed by atoms with Crippen LogP contribution in [-0.2, 0) is 30.5 Å². The lowest BCUT2D eigenvalue weighted by molar-refractivity contribution is -0.141. The Morgan fingerprint density at radius 3 is 2.57 bits per heavy atom. The quantitative estimate of drug-likeness (QED) is 0.207. The molecule has 5 N–H and O–H groups in total. The number of carbonyl (C=O) groups is 6. The van der Waals surface area contributed by atoms with E-state index in [1.165, 1.54) is 11.9 Å². The SMILES string of the molecule is CC[C@H](C)[C@H](NC(=O)CCC(=O)O)C(=O)NCC(=O)N1C(=O)NC[C@H]1C(=O)N(C)Cc1nn[nH]n1. The molecule has 2 heterocycles. The van der Waals surface area contributed by atoms with Crippen LogP contribution in [0, 0.1) is 5.92 Å². The van der Waals surface area contributed by atoms with Crippen LogP contribution in [-0.4, -0.2) is 103 Å². The summed E-state index contributed by atoms with van der Waals surface area (Å²) in [4.78, 5) is 75.2. The van der Waals surface area contributed by atoms with Gasteiger partial charge in [0.05, 0.1) is 19.5 Å². The average molecular weight is 495 g/mol. The zero-order valence-electron chi connectivity index (χ0n) is 19.6. The maximum Gasteiger partial charge on any atom is 0.325 e. The zero-order valence-corrected chi connectivity index (χ0v) is 19.6. The molecule has 0 aliphatic carbocycles. The van der Waals surface area contributed by atoms with E-state index >= 15 is 0 Å². The molecule has 0 saturated carbocycles. The number of likely N-dealkylation sites (N-methyl/N-ethyl adjacent to an activating group) is 1. The monoisotopic (exact) mass is 495 g/mol. The van der Waals surface area contributed by atoms with Gasteiger partial charge in [0.2, 0.25) is 17.7 Å². The Hall–Kier alpha value is -4.11. The number of rotatable bonds is 12. The summed E-state index contributed by atoms with van der Waals surface area (Å²) in [6, 6.07) is -2.93. The second-order valence-electron chi connectivity index (χ2n) is 8.03. The summed E-state index contributed by atoms with van der Waals surface area (Å²) >= 11 is 0. The predicted octanol–water partition coefficient (Wildman–Crippen LogP) is -2.41. The molecule has 6 amide bonds. The number of urea groups is 1. The van der Waals surface area contributed by atoms with E-state index < -0.39 is 54.3 Å². The number of aromatic amines is 1. The molecule has 0 aromatic carbocycles. The maximum absolute atomic E-state index is 12.8. The Balaban J connectivity index is 1.99. The van der Waals surface area contributed by atoms with Gasteiger partial charge in [-0.1, -0.05) is 25.5 Å². The number of aromatic nitrogens is 4. The Bertz CT molecular complexity index is 952. The van der Waals surface area contributed by atoms with E-state index in [4.69, 9.17) is 5.11 Å². The van der Waals surface area contributed by atoms with Gasteiger partial charge in [-0.15, -0.1) is 10.2 Å². The van der Waals surface area contributed by atoms with Crippen molar-refractivity contribution in [1.29, 1.82) is 0 Å². The molecule has 1 aromatic heterocycles. The van der Waals surface area contributed by atoms with Gasteiger partial charge in [0.1, 0.15) is 12.1 Å². The van der Waals surface area contributed by atoms with Crippen LogP contribution in [0.25, 0.3) is 0 Å². The highest BCUT2D eigenvalue weighted by Gasteiger charge is 2.41. The van der Waals surface area contributed by atoms with E-state index in [1.54, 1.807) is 13.8 Å². The highest BCUT2D eigenvalue weighted by Crippen LogP contribution is 2.12. The molecule has 0 unspecified atom stereocenters. The minimum absolute atomic E-state index is 0.00302. The van der Waals surface area contributed by atoms with Crippen molar-refractivity contribution in [3.05, 3.63) is 5.82 Å². The maximum atomic E-state index is 12.8. The first-order valence-corrected chi connectivity index (χ1v) is 10.9. The van der Waals surface area contributed by atoms with E-state index in [-0.39, 0.29) is 37.7 Å². The van der Waals surface area contributed by atoms with Gasteiger partial charge in [0.15, 0.2) is 5.82 Å². The first kappa shape index (κ1) is 27.1. The lowest BCUT2D eigenvalue weighted by Crippen LogP contribution is -2.54. The van der Waals surface area contributed by atoms with Crippen LogP contribution in [0.4, 0.5) is 4.79 Å². The highest BCUT2D eigenvalue weighted by molar-refractivity contribution is 6.03. The van der Waals surface area contributed by atoms with Crippen molar-refractivity contribution in [2.45, 2.75) is 51.7 Å². The minimum Gasteiger partial charge on any atom is -0.481 e. The second kappa shape index (κ2) is 12.4. The fraction of sp³-hybridized carbons (Fsp3) is 0.632. The number of amides is 6. The van der Waals surface area contributed by atoms with Crippen LogP contribution in [0.1, 0.15) is 38.9 Å². The van der Waals surface area contributed by atoms with Crippen molar-refractivity contribution in [3.8, 4) is 0 Å². The van der Waals surface area contributed by atoms with Gasteiger partial charge in [-0.25, -0.2) is 9.69 Å². The number of hydrogen-bond acceptors (Lipinski definition) is 9. The number of nitrogens with one attached hydrogen (secondary N) is 4. The lowest BCUT2D eigenvalue weighted by atomic mass is 9.98. The first-order chi connectivity index (χ1) is 16.5. The first-order valence-electron chi connectivity index (χ1n) is 10.9. The molecule has 0 radical (unpaired) electrons. The molecule has 1 fully saturated rings. The molecular formula is C19H29N9O7. The molecule has 1 aliphatic heterocycles. The van der Waals surface area contributed by atoms with Crippen molar-refractivity contribution in [2.24, 2.45) is 5.92 Å². The Labute approximate surface area is 200 Å². The van der Waals surface area contributed by atoms with E-state index in [0.717, 1.165) is 4.90 Å². The number of H-pyrrole nitrogens is 1. The second-order valence-corrected chi connectivity index (χ2v) is 8.03. The molecule has 1 aliphatic rings. The molecule has 1 saturated heterocycles. The van der Waals surface area contributed by atoms with Crippen LogP contribution < -0.4 is 16.0 Å². The van der Waals surface area contributed by atoms with Gasteiger partial charge in [-0.3, -0.25) is 24.0 Å². The van der Waals surface area contributed by atoms with E-state index in [2.05, 4.69) is 36.6 Å². The van der Waals surface area contributed by atoms with Crippen LogP contribution in [0.2, 0.25) is 0 Å². The van der Waals surface area contributed by atoms with Crippen LogP contribution in [0.5, 0.6) is 0 Å². The van der Waals surface area contributed by atoms with Crippen molar-refractivity contribution in [1.82, 2.24) is 46.4 Å². The molecule has 2 rings (SSSR count). The van der Waals surface area contributed by atoms with E-state index in [0.29, 0.717) is 6.42 Å². The largest absolute Gasteiger partial charge is 0.481 e. The fourth-order valence-electron chi connectivity index (χ4n) is 3.31. The van der Waals surface area contributed by atoms with Crippen LogP contribution in [0.3, 0.4) is 0 Å². The van der Waals surface area contributed by atoms with Gasteiger partial charge in [-0.2, -0.15) is 5.21 Å². The molecule has 0 bridgehead atoms. The normalized spacial score (nSPS) is 16.7. The average Bonchev–Trinajstić information content (AvgIpc) is 3.47. The number of aliphatic carboxylic acids is 1. The van der Waals surface area contributed by atoms with Crippen molar-refractivity contribution in [2.75, 3.05) is 20.1 Å². The van der Waals surface area contributed by atoms with Gasteiger partial charge in [-0.05, 0) is 5.92 Å². The molecule has 16 nitrogen and oxygen atoms in total. The summed E-state index contributed by atoms with van der Waals surface area (Å²) in [6.07, 6.45) is -0.174. The summed E-state index contributed by atoms with van der Waals surface area (Å²) in [5.74, 6) is -3.88. The molecule has 0 spiro atoms. The number of carboxylic acids is 1. The van der Waals surface area contributed by atoms with Crippen molar-refractivity contribution >= 4 is 35.6 Å². The van der Waals surface area contributed by atoms with Crippen LogP contribution in [0.15, 0.2) is 0 Å². The van der Waals surface area contributed by atoms with Gasteiger partial charge in [0, 0.05) is 20.0 Å². The molecule has 16 heteroatoms. The highest BCUT2D eigenvalue weighted by atomic mass is 16.4. The number of tetrazole rings is 1. The molecule has 3 atom stereocenters. The third kappa shape index (κ3) is 7.44. The van der Waals surface area contributed by atoms with Gasteiger partial charge >= 0.3 is 12.0 Å². The Morgan fingerprint density at radius 1 is 1.26 bits per heavy atom. The molecule has 192 valence electrons. The standard InChI is InChI=1S/C19H29N9O7/c1-4-10(2)16(22-13(29)5-6-15(31)32)17(33)20-8-14(30)28-11(7-21-19(28)35)18(34)27(3)9-12-23-25-26-24-12/h10-11,16H,4-9H2,1-3H3,(H,20,33)(H,21,35)(H,22,29)(H,31,32)(H,23,24,25,26)/t10-,11-,16-/m0/s1. The summed E-state index contributed by atoms with van der Waals surface area (Å²) < 4.78 is 0. The summed E-state index contributed by atoms with van der Waals surface area (Å²) in [7, 11) is 1.45. The van der Waals surface area contributed by atoms with Crippen molar-refractivity contribution in [3.63, 3.8) is 0 Å². The number of nitrogens with zero attached hydrogens (tertiary/aromatic N) is 5. The fourth-order valence-corrected chi connectivity index (χ4v) is 3.31. The Morgan fingerprint density at radius 2 is 1.97 bits per heavy atom. The van der Waals surface area contributed by atoms with Crippen LogP contribution >= 0.6 is 0 Å². The third-order valence-electron chi connectivity index (χ3n) is 5.47. The van der Waals surface area contributed by atoms with Crippen molar-refractivity contribution < 1.29 is 33.9 Å². The summed E-state index contributed by atoms with van der Waals surface area (Å²) in [6.45, 7) is 2.81. The summed E-state index contributed by atoms with van der Waals surface area (Å²) in [5, 5.41) is 29.2. The number of carboxylic acid groups (broad SMARTS) is 1. The molecular weight excluding hydrogens is 466 g/mol. The summed E-state index contributed by atoms with van der Waals surface area (Å²) in [5.41, 5.74) is 0. The number of imide groups is 1. The lowest BCUT2D eigenvalue weighted by Gasteiger charge is -2.26. The zero-order chi connectivity index (χ0) is 26.1. The van der Waals surface area contributed by atoms with E-state index in [1.807, 2.05) is 0 Å². The predicted molar refractivity (Wildman–Crippen MR) is 116 cm³/mol. The Kier molecular flexibility index (Phi) is 9.60. The third-order valence-corrected chi connectivity index (χ3v) is 5.47. The molecule has 35 heavy (non-hydrogen) atoms. The topological polar surface area (TPSA) is 220 Å².